The molecule has 1 aromatic carbocycles. The number of piperidine rings is 1. The molecule has 2 saturated heterocycles. The number of rotatable bonds is 3. The highest BCUT2D eigenvalue weighted by molar-refractivity contribution is 5.96. The van der Waals surface area contributed by atoms with Gasteiger partial charge in [-0.05, 0) is 61.6 Å². The fourth-order valence-electron chi connectivity index (χ4n) is 4.16. The quantitative estimate of drug-likeness (QED) is 0.933. The van der Waals surface area contributed by atoms with Crippen LogP contribution in [0.4, 0.5) is 0 Å². The largest absolute Gasteiger partial charge is 0.489 e. The van der Waals surface area contributed by atoms with Gasteiger partial charge in [0.05, 0.1) is 0 Å². The van der Waals surface area contributed by atoms with Crippen molar-refractivity contribution < 1.29 is 9.53 Å². The molecular weight excluding hydrogens is 288 g/mol. The number of carbonyl (C=O) groups is 1. The summed E-state index contributed by atoms with van der Waals surface area (Å²) in [6.07, 6.45) is 5.47. The van der Waals surface area contributed by atoms with Crippen LogP contribution in [0.1, 0.15) is 42.1 Å². The standard InChI is InChI=1S/C19H24N2O2/c1-2-14-6-8-23-18-4-3-15(10-17(14)18)19(22)20-16-9-13-5-7-21(11-13)12-16/h3-4,6,10,13,16H,2,5,7-9,11-12H2,1H3,(H,20,22)/t13-,16-/m1/s1. The van der Waals surface area contributed by atoms with Gasteiger partial charge < -0.3 is 15.0 Å². The third-order valence-electron chi connectivity index (χ3n) is 5.34. The molecule has 1 aromatic rings. The molecule has 4 rings (SSSR count). The van der Waals surface area contributed by atoms with Crippen LogP contribution in [0.5, 0.6) is 5.75 Å². The summed E-state index contributed by atoms with van der Waals surface area (Å²) in [5, 5.41) is 3.23. The van der Waals surface area contributed by atoms with Crippen molar-refractivity contribution in [3.8, 4) is 5.75 Å². The van der Waals surface area contributed by atoms with Crippen molar-refractivity contribution in [2.24, 2.45) is 5.92 Å². The Kier molecular flexibility index (Phi) is 3.85. The van der Waals surface area contributed by atoms with E-state index >= 15 is 0 Å². The van der Waals surface area contributed by atoms with Gasteiger partial charge in [-0.25, -0.2) is 0 Å². The Balaban J connectivity index is 1.50. The molecule has 4 nitrogen and oxygen atoms in total. The maximum atomic E-state index is 12.6. The summed E-state index contributed by atoms with van der Waals surface area (Å²) in [5.74, 6) is 1.70. The van der Waals surface area contributed by atoms with Crippen molar-refractivity contribution in [2.45, 2.75) is 32.2 Å². The summed E-state index contributed by atoms with van der Waals surface area (Å²) in [4.78, 5) is 15.1. The number of benzene rings is 1. The summed E-state index contributed by atoms with van der Waals surface area (Å²) in [5.41, 5.74) is 3.07. The van der Waals surface area contributed by atoms with E-state index in [0.29, 0.717) is 6.61 Å². The number of nitrogens with one attached hydrogen (secondary N) is 1. The van der Waals surface area contributed by atoms with Gasteiger partial charge in [0.15, 0.2) is 0 Å². The van der Waals surface area contributed by atoms with Gasteiger partial charge in [-0.15, -0.1) is 0 Å². The first-order valence-electron chi connectivity index (χ1n) is 8.72. The molecule has 3 atom stereocenters. The number of hydrogen-bond donors (Lipinski definition) is 1. The average molecular weight is 312 g/mol. The lowest BCUT2D eigenvalue weighted by molar-refractivity contribution is 0.0909. The van der Waals surface area contributed by atoms with Gasteiger partial charge in [0.1, 0.15) is 12.4 Å². The third kappa shape index (κ3) is 2.88. The molecule has 2 bridgehead atoms. The fraction of sp³-hybridized carbons (Fsp3) is 0.526. The van der Waals surface area contributed by atoms with Crippen LogP contribution >= 0.6 is 0 Å². The molecule has 1 unspecified atom stereocenters. The molecule has 4 heteroatoms. The lowest BCUT2D eigenvalue weighted by Crippen LogP contribution is -2.47. The number of amides is 1. The maximum Gasteiger partial charge on any atom is 0.251 e. The topological polar surface area (TPSA) is 41.6 Å². The van der Waals surface area contributed by atoms with E-state index in [1.54, 1.807) is 0 Å². The van der Waals surface area contributed by atoms with Crippen LogP contribution in [0.2, 0.25) is 0 Å². The van der Waals surface area contributed by atoms with E-state index in [9.17, 15) is 4.79 Å². The van der Waals surface area contributed by atoms with E-state index in [4.69, 9.17) is 4.74 Å². The van der Waals surface area contributed by atoms with Crippen molar-refractivity contribution in [2.75, 3.05) is 26.2 Å². The fourth-order valence-corrected chi connectivity index (χ4v) is 4.16. The summed E-state index contributed by atoms with van der Waals surface area (Å²) in [6.45, 7) is 6.17. The Morgan fingerprint density at radius 2 is 2.30 bits per heavy atom. The summed E-state index contributed by atoms with van der Waals surface area (Å²) < 4.78 is 5.66. The minimum absolute atomic E-state index is 0.0429. The van der Waals surface area contributed by atoms with E-state index in [1.165, 1.54) is 25.1 Å². The van der Waals surface area contributed by atoms with Gasteiger partial charge in [0.25, 0.3) is 5.91 Å². The van der Waals surface area contributed by atoms with Gasteiger partial charge in [0, 0.05) is 30.3 Å². The van der Waals surface area contributed by atoms with E-state index in [0.717, 1.165) is 42.2 Å². The molecule has 1 N–H and O–H groups in total. The first-order chi connectivity index (χ1) is 11.2. The first kappa shape index (κ1) is 14.8. The zero-order valence-electron chi connectivity index (χ0n) is 13.7. The average Bonchev–Trinajstić information content (AvgIpc) is 2.92. The van der Waals surface area contributed by atoms with Crippen molar-refractivity contribution in [1.82, 2.24) is 10.2 Å². The molecular formula is C19H24N2O2. The van der Waals surface area contributed by atoms with Crippen molar-refractivity contribution in [3.63, 3.8) is 0 Å². The highest BCUT2D eigenvalue weighted by Gasteiger charge is 2.33. The Morgan fingerprint density at radius 3 is 3.13 bits per heavy atom. The third-order valence-corrected chi connectivity index (χ3v) is 5.34. The molecule has 23 heavy (non-hydrogen) atoms. The second kappa shape index (κ2) is 6.00. The summed E-state index contributed by atoms with van der Waals surface area (Å²) >= 11 is 0. The van der Waals surface area contributed by atoms with E-state index in [1.807, 2.05) is 18.2 Å². The Hall–Kier alpha value is -1.81. The lowest BCUT2D eigenvalue weighted by atomic mass is 9.95. The molecule has 0 radical (unpaired) electrons. The number of carbonyl (C=O) groups excluding carboxylic acids is 1. The van der Waals surface area contributed by atoms with Gasteiger partial charge in [-0.1, -0.05) is 6.92 Å². The van der Waals surface area contributed by atoms with Gasteiger partial charge in [-0.3, -0.25) is 4.79 Å². The number of ether oxygens (including phenoxy) is 1. The van der Waals surface area contributed by atoms with E-state index < -0.39 is 0 Å². The predicted octanol–water partition coefficient (Wildman–Crippen LogP) is 2.70. The molecule has 0 aromatic heterocycles. The normalized spacial score (nSPS) is 28.6. The smallest absolute Gasteiger partial charge is 0.251 e. The zero-order valence-corrected chi connectivity index (χ0v) is 13.7. The summed E-state index contributed by atoms with van der Waals surface area (Å²) in [6, 6.07) is 6.08. The molecule has 122 valence electrons. The minimum Gasteiger partial charge on any atom is -0.489 e. The second-order valence-corrected chi connectivity index (χ2v) is 6.93. The van der Waals surface area contributed by atoms with E-state index in [-0.39, 0.29) is 11.9 Å². The minimum atomic E-state index is 0.0429. The SMILES string of the molecule is CCC1=CCOc2ccc(C(=O)N[C@@H]3C[C@H]4CCN(C4)C3)cc21. The second-order valence-electron chi connectivity index (χ2n) is 6.93. The van der Waals surface area contributed by atoms with E-state index in [2.05, 4.69) is 23.2 Å². The van der Waals surface area contributed by atoms with Crippen LogP contribution in [-0.2, 0) is 0 Å². The highest BCUT2D eigenvalue weighted by atomic mass is 16.5. The zero-order chi connectivity index (χ0) is 15.8. The molecule has 3 aliphatic rings. The van der Waals surface area contributed by atoms with Gasteiger partial charge in [0.2, 0.25) is 0 Å². The number of allylic oxidation sites excluding steroid dienone is 1. The Labute approximate surface area is 137 Å². The van der Waals surface area contributed by atoms with Crippen LogP contribution in [0.25, 0.3) is 5.57 Å². The number of fused-ring (bicyclic) bond motifs is 3. The monoisotopic (exact) mass is 312 g/mol. The van der Waals surface area contributed by atoms with Crippen LogP contribution in [0.3, 0.4) is 0 Å². The maximum absolute atomic E-state index is 12.6. The van der Waals surface area contributed by atoms with Crippen molar-refractivity contribution in [3.05, 3.63) is 35.4 Å². The molecule has 3 aliphatic heterocycles. The van der Waals surface area contributed by atoms with Crippen LogP contribution in [0, 0.1) is 5.92 Å². The van der Waals surface area contributed by atoms with Crippen LogP contribution < -0.4 is 10.1 Å². The number of hydrogen-bond acceptors (Lipinski definition) is 3. The van der Waals surface area contributed by atoms with Crippen LogP contribution in [0.15, 0.2) is 24.3 Å². The number of nitrogens with zero attached hydrogens (tertiary/aromatic N) is 1. The first-order valence-corrected chi connectivity index (χ1v) is 8.72. The lowest BCUT2D eigenvalue weighted by Gasteiger charge is -2.30. The molecule has 1 amide bonds. The molecule has 3 heterocycles. The van der Waals surface area contributed by atoms with Crippen molar-refractivity contribution >= 4 is 11.5 Å². The predicted molar refractivity (Wildman–Crippen MR) is 90.6 cm³/mol. The van der Waals surface area contributed by atoms with Gasteiger partial charge in [-0.2, -0.15) is 0 Å². The highest BCUT2D eigenvalue weighted by Crippen LogP contribution is 2.32. The molecule has 0 spiro atoms. The Bertz CT molecular complexity index is 641. The van der Waals surface area contributed by atoms with Gasteiger partial charge >= 0.3 is 0 Å². The summed E-state index contributed by atoms with van der Waals surface area (Å²) in [7, 11) is 0. The van der Waals surface area contributed by atoms with Crippen LogP contribution in [-0.4, -0.2) is 43.1 Å². The Morgan fingerprint density at radius 1 is 1.39 bits per heavy atom. The molecule has 0 aliphatic carbocycles. The molecule has 2 fully saturated rings. The van der Waals surface area contributed by atoms with Crippen molar-refractivity contribution in [1.29, 1.82) is 0 Å². The molecule has 0 saturated carbocycles.